The van der Waals surface area contributed by atoms with Crippen molar-refractivity contribution in [1.29, 1.82) is 0 Å². The van der Waals surface area contributed by atoms with Crippen molar-refractivity contribution in [2.75, 3.05) is 0 Å². The summed E-state index contributed by atoms with van der Waals surface area (Å²) in [6.45, 7) is 0. The number of hydrogen-bond acceptors (Lipinski definition) is 2. The van der Waals surface area contributed by atoms with Gasteiger partial charge in [-0.25, -0.2) is 4.99 Å². The Balaban J connectivity index is 2.37. The van der Waals surface area contributed by atoms with E-state index in [1.807, 2.05) is 36.4 Å². The van der Waals surface area contributed by atoms with Gasteiger partial charge in [0.1, 0.15) is 6.04 Å². The maximum absolute atomic E-state index is 4.56. The maximum atomic E-state index is 4.56. The van der Waals surface area contributed by atoms with Gasteiger partial charge in [-0.3, -0.25) is 4.99 Å². The highest BCUT2D eigenvalue weighted by Crippen LogP contribution is 2.16. The molecule has 1 aliphatic carbocycles. The van der Waals surface area contributed by atoms with E-state index in [0.29, 0.717) is 0 Å². The van der Waals surface area contributed by atoms with E-state index in [9.17, 15) is 0 Å². The van der Waals surface area contributed by atoms with Crippen LogP contribution in [0.15, 0.2) is 58.2 Å². The van der Waals surface area contributed by atoms with E-state index < -0.39 is 0 Å². The molecule has 2 aliphatic rings. The lowest BCUT2D eigenvalue weighted by Gasteiger charge is -2.08. The highest BCUT2D eigenvalue weighted by atomic mass is 14.9. The molecule has 0 saturated carbocycles. The largest absolute Gasteiger partial charge is 0.269 e. The molecule has 1 aromatic carbocycles. The summed E-state index contributed by atoms with van der Waals surface area (Å²) in [5.74, 6) is 0. The summed E-state index contributed by atoms with van der Waals surface area (Å²) in [6.07, 6.45) is 6.10. The van der Waals surface area contributed by atoms with Gasteiger partial charge in [0.25, 0.3) is 0 Å². The summed E-state index contributed by atoms with van der Waals surface area (Å²) in [5, 5.41) is 1.98. The number of benzene rings is 1. The highest BCUT2D eigenvalue weighted by Gasteiger charge is 2.14. The standard InChI is InChI=1S/C11H8N2/c1-2-5-9-8(4-1)12-10-6-3-7-11(10)13-9/h1-7,10H. The smallest absolute Gasteiger partial charge is 0.111 e. The van der Waals surface area contributed by atoms with Gasteiger partial charge in [-0.2, -0.15) is 0 Å². The summed E-state index contributed by atoms with van der Waals surface area (Å²) in [6, 6.07) is 8.14. The first-order valence-electron chi connectivity index (χ1n) is 4.33. The minimum absolute atomic E-state index is 0.162. The van der Waals surface area contributed by atoms with Crippen molar-refractivity contribution in [1.82, 2.24) is 0 Å². The summed E-state index contributed by atoms with van der Waals surface area (Å²) in [4.78, 5) is 9.07. The van der Waals surface area contributed by atoms with Gasteiger partial charge >= 0.3 is 0 Å². The second-order valence-electron chi connectivity index (χ2n) is 3.15. The molecular weight excluding hydrogens is 160 g/mol. The fourth-order valence-electron chi connectivity index (χ4n) is 1.63. The van der Waals surface area contributed by atoms with Crippen LogP contribution in [0.25, 0.3) is 0 Å². The first kappa shape index (κ1) is 6.78. The number of nitrogens with zero attached hydrogens (tertiary/aromatic N) is 2. The summed E-state index contributed by atoms with van der Waals surface area (Å²) in [5.41, 5.74) is 1.05. The van der Waals surface area contributed by atoms with Crippen LogP contribution < -0.4 is 10.7 Å². The van der Waals surface area contributed by atoms with E-state index in [2.05, 4.69) is 16.1 Å². The zero-order valence-electron chi connectivity index (χ0n) is 7.01. The highest BCUT2D eigenvalue weighted by molar-refractivity contribution is 5.32. The predicted molar refractivity (Wildman–Crippen MR) is 49.8 cm³/mol. The van der Waals surface area contributed by atoms with Crippen LogP contribution in [0.2, 0.25) is 0 Å². The molecule has 2 heteroatoms. The molecule has 0 aromatic heterocycles. The van der Waals surface area contributed by atoms with E-state index in [0.717, 1.165) is 16.4 Å². The van der Waals surface area contributed by atoms with Crippen molar-refractivity contribution in [2.24, 2.45) is 9.98 Å². The lowest BCUT2D eigenvalue weighted by atomic mass is 10.2. The van der Waals surface area contributed by atoms with Crippen LogP contribution in [-0.4, -0.2) is 6.04 Å². The van der Waals surface area contributed by atoms with Gasteiger partial charge in [0.15, 0.2) is 0 Å². The van der Waals surface area contributed by atoms with E-state index in [4.69, 9.17) is 0 Å². The van der Waals surface area contributed by atoms with Crippen molar-refractivity contribution in [3.63, 3.8) is 0 Å². The predicted octanol–water partition coefficient (Wildman–Crippen LogP) is 0.762. The Bertz CT molecular complexity index is 523. The second-order valence-corrected chi connectivity index (χ2v) is 3.15. The van der Waals surface area contributed by atoms with Crippen LogP contribution in [0.5, 0.6) is 0 Å². The lowest BCUT2D eigenvalue weighted by molar-refractivity contribution is 0.855. The molecular formula is C11H8N2. The normalized spacial score (nSPS) is 22.5. The van der Waals surface area contributed by atoms with Gasteiger partial charge < -0.3 is 0 Å². The van der Waals surface area contributed by atoms with Gasteiger partial charge in [-0.1, -0.05) is 24.3 Å². The number of hydrogen-bond donors (Lipinski definition) is 0. The van der Waals surface area contributed by atoms with Crippen molar-refractivity contribution in [2.45, 2.75) is 6.04 Å². The molecule has 0 amide bonds. The van der Waals surface area contributed by atoms with Crippen LogP contribution in [0, 0.1) is 0 Å². The average molecular weight is 168 g/mol. The molecule has 0 bridgehead atoms. The average Bonchev–Trinajstić information content (AvgIpc) is 2.61. The minimum atomic E-state index is 0.162. The van der Waals surface area contributed by atoms with Crippen molar-refractivity contribution in [3.05, 3.63) is 58.9 Å². The third-order valence-electron chi connectivity index (χ3n) is 2.27. The van der Waals surface area contributed by atoms with Gasteiger partial charge in [0.2, 0.25) is 0 Å². The Morgan fingerprint density at radius 1 is 1.08 bits per heavy atom. The molecule has 1 heterocycles. The van der Waals surface area contributed by atoms with Crippen LogP contribution in [0.1, 0.15) is 0 Å². The van der Waals surface area contributed by atoms with Crippen LogP contribution in [-0.2, 0) is 0 Å². The summed E-state index contributed by atoms with van der Waals surface area (Å²) < 4.78 is 0. The zero-order chi connectivity index (χ0) is 8.67. The van der Waals surface area contributed by atoms with Crippen LogP contribution >= 0.6 is 0 Å². The molecule has 1 atom stereocenters. The fraction of sp³-hybridized carbons (Fsp3) is 0.0909. The first-order valence-corrected chi connectivity index (χ1v) is 4.33. The molecule has 0 spiro atoms. The van der Waals surface area contributed by atoms with E-state index >= 15 is 0 Å². The number of allylic oxidation sites excluding steroid dienone is 2. The van der Waals surface area contributed by atoms with E-state index in [-0.39, 0.29) is 6.04 Å². The molecule has 1 unspecified atom stereocenters. The second kappa shape index (κ2) is 2.39. The molecule has 1 aliphatic heterocycles. The number of para-hydroxylation sites is 2. The molecule has 13 heavy (non-hydrogen) atoms. The maximum Gasteiger partial charge on any atom is 0.111 e. The van der Waals surface area contributed by atoms with Crippen LogP contribution in [0.4, 0.5) is 0 Å². The van der Waals surface area contributed by atoms with Crippen molar-refractivity contribution in [3.8, 4) is 0 Å². The molecule has 0 radical (unpaired) electrons. The SMILES string of the molecule is C1=CC2N=c3ccccc3=NC2=C1. The quantitative estimate of drug-likeness (QED) is 0.546. The summed E-state index contributed by atoms with van der Waals surface area (Å²) in [7, 11) is 0. The summed E-state index contributed by atoms with van der Waals surface area (Å²) >= 11 is 0. The Hall–Kier alpha value is -1.70. The van der Waals surface area contributed by atoms with Gasteiger partial charge in [0, 0.05) is 0 Å². The molecule has 0 fully saturated rings. The Labute approximate surface area is 75.7 Å². The number of fused-ring (bicyclic) bond motifs is 2. The van der Waals surface area contributed by atoms with Gasteiger partial charge in [-0.15, -0.1) is 0 Å². The fourth-order valence-corrected chi connectivity index (χ4v) is 1.63. The molecule has 0 saturated heterocycles. The monoisotopic (exact) mass is 168 g/mol. The van der Waals surface area contributed by atoms with Crippen molar-refractivity contribution >= 4 is 0 Å². The number of rotatable bonds is 0. The Kier molecular flexibility index (Phi) is 1.25. The third kappa shape index (κ3) is 0.952. The minimum Gasteiger partial charge on any atom is -0.269 e. The molecule has 62 valence electrons. The Morgan fingerprint density at radius 2 is 1.92 bits per heavy atom. The van der Waals surface area contributed by atoms with Crippen molar-refractivity contribution < 1.29 is 0 Å². The first-order chi connectivity index (χ1) is 6.43. The topological polar surface area (TPSA) is 24.7 Å². The molecule has 0 N–H and O–H groups in total. The van der Waals surface area contributed by atoms with Gasteiger partial charge in [-0.05, 0) is 18.2 Å². The molecule has 3 rings (SSSR count). The lowest BCUT2D eigenvalue weighted by Crippen LogP contribution is -2.31. The van der Waals surface area contributed by atoms with Gasteiger partial charge in [0.05, 0.1) is 16.4 Å². The van der Waals surface area contributed by atoms with E-state index in [1.165, 1.54) is 0 Å². The van der Waals surface area contributed by atoms with E-state index in [1.54, 1.807) is 0 Å². The van der Waals surface area contributed by atoms with Crippen LogP contribution in [0.3, 0.4) is 0 Å². The molecule has 1 aromatic rings. The zero-order valence-corrected chi connectivity index (χ0v) is 7.01. The molecule has 2 nitrogen and oxygen atoms in total. The Morgan fingerprint density at radius 3 is 2.85 bits per heavy atom. The third-order valence-corrected chi connectivity index (χ3v) is 2.27.